The molecule has 124 valence electrons. The fourth-order valence-electron chi connectivity index (χ4n) is 2.52. The van der Waals surface area contributed by atoms with E-state index in [1.807, 2.05) is 0 Å². The van der Waals surface area contributed by atoms with Gasteiger partial charge in [0.05, 0.1) is 0 Å². The fraction of sp³-hybridized carbons (Fsp3) is 1.00. The molecule has 0 radical (unpaired) electrons. The summed E-state index contributed by atoms with van der Waals surface area (Å²) in [6.07, 6.45) is 19.2. The molecular weight excluding hydrogens is 392 g/mol. The van der Waals surface area contributed by atoms with E-state index in [0.717, 1.165) is 12.5 Å². The van der Waals surface area contributed by atoms with Gasteiger partial charge in [0.2, 0.25) is 0 Å². The van der Waals surface area contributed by atoms with Crippen molar-refractivity contribution < 1.29 is 19.5 Å². The van der Waals surface area contributed by atoms with Crippen LogP contribution in [0.3, 0.4) is 0 Å². The molecule has 0 N–H and O–H groups in total. The first-order valence-corrected chi connectivity index (χ1v) is 13.9. The molecule has 0 aliphatic rings. The molecule has 0 spiro atoms. The first kappa shape index (κ1) is 25.0. The summed E-state index contributed by atoms with van der Waals surface area (Å²) in [7, 11) is 0. The molecule has 0 amide bonds. The average Bonchev–Trinajstić information content (AvgIpc) is 2.38. The van der Waals surface area contributed by atoms with Gasteiger partial charge in [0.15, 0.2) is 0 Å². The predicted molar refractivity (Wildman–Crippen MR) is 98.4 cm³/mol. The zero-order chi connectivity index (χ0) is 15.1. The summed E-state index contributed by atoms with van der Waals surface area (Å²) in [4.78, 5) is 0. The van der Waals surface area contributed by atoms with E-state index in [1.165, 1.54) is 83.5 Å². The van der Waals surface area contributed by atoms with Crippen LogP contribution in [0.1, 0.15) is 96.8 Å². The van der Waals surface area contributed by atoms with Crippen LogP contribution < -0.4 is 0 Å². The minimum atomic E-state index is -2.34. The molecule has 0 saturated heterocycles. The molecule has 0 bridgehead atoms. The Morgan fingerprint density at radius 1 is 0.524 bits per heavy atom. The van der Waals surface area contributed by atoms with Crippen molar-refractivity contribution in [2.75, 3.05) is 0 Å². The predicted octanol–water partition coefficient (Wildman–Crippen LogP) is 8.12. The Morgan fingerprint density at radius 2 is 0.810 bits per heavy atom. The van der Waals surface area contributed by atoms with Gasteiger partial charge in [-0.3, -0.25) is 0 Å². The minimum absolute atomic E-state index is 0. The van der Waals surface area contributed by atoms with Crippen LogP contribution in [0.15, 0.2) is 0 Å². The fourth-order valence-corrected chi connectivity index (χ4v) is 4.37. The molecule has 0 aliphatic heterocycles. The topological polar surface area (TPSA) is 0 Å². The van der Waals surface area contributed by atoms with Crippen molar-refractivity contribution in [1.82, 2.24) is 0 Å². The summed E-state index contributed by atoms with van der Waals surface area (Å²) in [6, 6.07) is -1.51. The molecule has 0 unspecified atom stereocenters. The van der Waals surface area contributed by atoms with Crippen molar-refractivity contribution in [1.29, 1.82) is 0 Å². The van der Waals surface area contributed by atoms with Gasteiger partial charge in [0.25, 0.3) is 0 Å². The van der Waals surface area contributed by atoms with Crippen LogP contribution in [0.25, 0.3) is 0 Å². The molecule has 0 saturated carbocycles. The summed E-state index contributed by atoms with van der Waals surface area (Å²) in [5.74, 6) is 0. The molecule has 0 heterocycles. The third kappa shape index (κ3) is 24.1. The SMILES string of the molecule is CCCCCCCCCCCCCCCC[Si](Cl)(Cl)Cl.[Zn]. The van der Waals surface area contributed by atoms with Gasteiger partial charge in [-0.2, -0.15) is 0 Å². The molecule has 0 fully saturated rings. The molecule has 0 rings (SSSR count). The Bertz CT molecular complexity index is 198. The van der Waals surface area contributed by atoms with Crippen LogP contribution in [0.4, 0.5) is 0 Å². The molecule has 0 aliphatic carbocycles. The van der Waals surface area contributed by atoms with Gasteiger partial charge in [0.1, 0.15) is 0 Å². The molecular formula is C16H33Cl3SiZn. The molecule has 0 nitrogen and oxygen atoms in total. The Balaban J connectivity index is 0. The third-order valence-electron chi connectivity index (χ3n) is 3.81. The monoisotopic (exact) mass is 422 g/mol. The van der Waals surface area contributed by atoms with Gasteiger partial charge in [-0.25, -0.2) is 0 Å². The number of unbranched alkanes of at least 4 members (excludes halogenated alkanes) is 13. The number of rotatable bonds is 15. The number of halogens is 3. The zero-order valence-electron chi connectivity index (χ0n) is 13.9. The standard InChI is InChI=1S/C16H33Cl3Si.Zn/c1-2-3-4-5-6-7-8-9-10-11-12-13-14-15-16-20(17,18)19;/h2-16H2,1H3;. The van der Waals surface area contributed by atoms with Crippen molar-refractivity contribution in [3.63, 3.8) is 0 Å². The van der Waals surface area contributed by atoms with Gasteiger partial charge >= 0.3 is 6.00 Å². The van der Waals surface area contributed by atoms with E-state index in [4.69, 9.17) is 33.2 Å². The second-order valence-corrected chi connectivity index (χ2v) is 15.2. The van der Waals surface area contributed by atoms with Gasteiger partial charge in [-0.05, 0) is 6.04 Å². The maximum atomic E-state index is 5.85. The van der Waals surface area contributed by atoms with Crippen molar-refractivity contribution in [3.8, 4) is 0 Å². The molecule has 0 atom stereocenters. The van der Waals surface area contributed by atoms with Crippen LogP contribution >= 0.6 is 33.2 Å². The summed E-state index contributed by atoms with van der Waals surface area (Å²) >= 11 is 17.6. The average molecular weight is 425 g/mol. The molecule has 5 heteroatoms. The van der Waals surface area contributed by atoms with E-state index in [1.54, 1.807) is 0 Å². The Morgan fingerprint density at radius 3 is 1.10 bits per heavy atom. The zero-order valence-corrected chi connectivity index (χ0v) is 20.2. The van der Waals surface area contributed by atoms with E-state index in [2.05, 4.69) is 6.92 Å². The van der Waals surface area contributed by atoms with Crippen LogP contribution in [-0.4, -0.2) is 6.00 Å². The number of hydrogen-bond donors (Lipinski definition) is 0. The normalized spacial score (nSPS) is 11.4. The van der Waals surface area contributed by atoms with Crippen molar-refractivity contribution in [2.24, 2.45) is 0 Å². The van der Waals surface area contributed by atoms with Crippen LogP contribution in [0.5, 0.6) is 0 Å². The summed E-state index contributed by atoms with van der Waals surface area (Å²) in [5, 5.41) is 0. The van der Waals surface area contributed by atoms with Crippen LogP contribution in [0, 0.1) is 0 Å². The van der Waals surface area contributed by atoms with E-state index < -0.39 is 6.00 Å². The maximum absolute atomic E-state index is 5.85. The minimum Gasteiger partial charge on any atom is -0.126 e. The third-order valence-corrected chi connectivity index (χ3v) is 6.44. The summed E-state index contributed by atoms with van der Waals surface area (Å²) in [5.41, 5.74) is 0. The van der Waals surface area contributed by atoms with Gasteiger partial charge in [-0.15, -0.1) is 33.2 Å². The van der Waals surface area contributed by atoms with Crippen molar-refractivity contribution in [3.05, 3.63) is 0 Å². The van der Waals surface area contributed by atoms with E-state index >= 15 is 0 Å². The van der Waals surface area contributed by atoms with E-state index in [9.17, 15) is 0 Å². The van der Waals surface area contributed by atoms with Crippen LogP contribution in [-0.2, 0) is 19.5 Å². The molecule has 0 aromatic carbocycles. The van der Waals surface area contributed by atoms with E-state index in [-0.39, 0.29) is 19.5 Å². The smallest absolute Gasteiger partial charge is 0.126 e. The first-order valence-electron chi connectivity index (χ1n) is 8.63. The van der Waals surface area contributed by atoms with Crippen molar-refractivity contribution in [2.45, 2.75) is 103 Å². The summed E-state index contributed by atoms with van der Waals surface area (Å²) < 4.78 is 0. The second kappa shape index (κ2) is 18.1. The van der Waals surface area contributed by atoms with Crippen LogP contribution in [0.2, 0.25) is 6.04 Å². The largest absolute Gasteiger partial charge is 0.341 e. The van der Waals surface area contributed by atoms with Crippen molar-refractivity contribution >= 4 is 39.2 Å². The summed E-state index contributed by atoms with van der Waals surface area (Å²) in [6.45, 7) is 2.28. The Hall–Kier alpha value is 1.71. The van der Waals surface area contributed by atoms with Gasteiger partial charge in [-0.1, -0.05) is 96.8 Å². The maximum Gasteiger partial charge on any atom is 0.341 e. The van der Waals surface area contributed by atoms with Gasteiger partial charge in [0, 0.05) is 19.5 Å². The Kier molecular flexibility index (Phi) is 21.5. The van der Waals surface area contributed by atoms with Gasteiger partial charge < -0.3 is 0 Å². The molecule has 0 aromatic heterocycles. The van der Waals surface area contributed by atoms with E-state index in [0.29, 0.717) is 0 Å². The Labute approximate surface area is 161 Å². The second-order valence-electron chi connectivity index (χ2n) is 5.96. The quantitative estimate of drug-likeness (QED) is 0.141. The molecule has 21 heavy (non-hydrogen) atoms. The first-order chi connectivity index (χ1) is 9.56. The molecule has 0 aromatic rings. The number of hydrogen-bond acceptors (Lipinski definition) is 0.